The van der Waals surface area contributed by atoms with Crippen molar-refractivity contribution < 1.29 is 0 Å². The van der Waals surface area contributed by atoms with Crippen LogP contribution in [-0.4, -0.2) is 10.2 Å². The molecule has 0 aliphatic carbocycles. The maximum Gasteiger partial charge on any atom is 0.209 e. The predicted octanol–water partition coefficient (Wildman–Crippen LogP) is 2.23. The number of hydrogen-bond acceptors (Lipinski definition) is 2. The Kier molecular flexibility index (Phi) is 1.98. The van der Waals surface area contributed by atoms with Gasteiger partial charge in [-0.2, -0.15) is 5.10 Å². The van der Waals surface area contributed by atoms with Gasteiger partial charge in [-0.05, 0) is 12.1 Å². The van der Waals surface area contributed by atoms with Crippen LogP contribution in [0.2, 0.25) is 10.0 Å². The van der Waals surface area contributed by atoms with E-state index >= 15 is 0 Å². The molecule has 0 amide bonds. The topological polar surface area (TPSA) is 45.8 Å². The largest absolute Gasteiger partial charge is 0.287 e. The number of nitrogens with zero attached hydrogens (tertiary/aromatic N) is 1. The number of nitrogens with one attached hydrogen (secondary N) is 1. The van der Waals surface area contributed by atoms with Crippen molar-refractivity contribution in [2.45, 2.75) is 0 Å². The molecule has 2 rings (SSSR count). The second kappa shape index (κ2) is 3.01. The van der Waals surface area contributed by atoms with Crippen molar-refractivity contribution in [3.8, 4) is 0 Å². The summed E-state index contributed by atoms with van der Waals surface area (Å²) in [5.41, 5.74) is 0.350. The molecule has 0 radical (unpaired) electrons. The summed E-state index contributed by atoms with van der Waals surface area (Å²) in [5, 5.41) is 7.32. The van der Waals surface area contributed by atoms with Gasteiger partial charge < -0.3 is 0 Å². The van der Waals surface area contributed by atoms with E-state index in [2.05, 4.69) is 10.2 Å². The normalized spacial score (nSPS) is 10.6. The quantitative estimate of drug-likeness (QED) is 0.732. The zero-order valence-electron chi connectivity index (χ0n) is 6.34. The van der Waals surface area contributed by atoms with E-state index in [0.717, 1.165) is 0 Å². The molecule has 0 atom stereocenters. The lowest BCUT2D eigenvalue weighted by molar-refractivity contribution is 1.06. The summed E-state index contributed by atoms with van der Waals surface area (Å²) in [4.78, 5) is 11.3. The van der Waals surface area contributed by atoms with E-state index < -0.39 is 0 Å². The van der Waals surface area contributed by atoms with E-state index in [4.69, 9.17) is 23.2 Å². The van der Waals surface area contributed by atoms with Gasteiger partial charge >= 0.3 is 0 Å². The van der Waals surface area contributed by atoms with Crippen molar-refractivity contribution in [1.29, 1.82) is 0 Å². The molecule has 0 fully saturated rings. The molecule has 1 heterocycles. The fourth-order valence-electron chi connectivity index (χ4n) is 1.11. The van der Waals surface area contributed by atoms with Crippen molar-refractivity contribution in [3.63, 3.8) is 0 Å². The fraction of sp³-hybridized carbons (Fsp3) is 0. The molecule has 2 aromatic rings. The zero-order valence-corrected chi connectivity index (χ0v) is 7.86. The Morgan fingerprint density at radius 3 is 2.85 bits per heavy atom. The van der Waals surface area contributed by atoms with E-state index in [0.29, 0.717) is 15.9 Å². The molecule has 1 aromatic carbocycles. The van der Waals surface area contributed by atoms with Crippen LogP contribution >= 0.6 is 23.2 Å². The Morgan fingerprint density at radius 1 is 1.31 bits per heavy atom. The summed E-state index contributed by atoms with van der Waals surface area (Å²) in [6, 6.07) is 3.28. The Labute approximate surface area is 83.3 Å². The van der Waals surface area contributed by atoms with Crippen LogP contribution in [0.3, 0.4) is 0 Å². The Bertz CT molecular complexity index is 521. The molecule has 0 aliphatic heterocycles. The summed E-state index contributed by atoms with van der Waals surface area (Å²) >= 11 is 11.6. The molecule has 3 nitrogen and oxygen atoms in total. The highest BCUT2D eigenvalue weighted by Crippen LogP contribution is 2.26. The molecular weight excluding hydrogens is 211 g/mol. The molecule has 0 saturated carbocycles. The van der Waals surface area contributed by atoms with Crippen LogP contribution in [0.4, 0.5) is 0 Å². The minimum Gasteiger partial charge on any atom is -0.287 e. The van der Waals surface area contributed by atoms with E-state index in [1.165, 1.54) is 6.20 Å². The Hall–Kier alpha value is -1.06. The van der Waals surface area contributed by atoms with Gasteiger partial charge in [0, 0.05) is 0 Å². The summed E-state index contributed by atoms with van der Waals surface area (Å²) < 4.78 is 0. The van der Waals surface area contributed by atoms with E-state index in [1.54, 1.807) is 12.1 Å². The third kappa shape index (κ3) is 1.30. The lowest BCUT2D eigenvalue weighted by Gasteiger charge is -1.99. The van der Waals surface area contributed by atoms with Gasteiger partial charge in [0.1, 0.15) is 0 Å². The number of H-pyrrole nitrogens is 1. The Balaban J connectivity index is 3.06. The van der Waals surface area contributed by atoms with Crippen LogP contribution < -0.4 is 5.43 Å². The first-order chi connectivity index (χ1) is 6.20. The number of hydrogen-bond donors (Lipinski definition) is 1. The second-order valence-corrected chi connectivity index (χ2v) is 3.30. The van der Waals surface area contributed by atoms with Crippen molar-refractivity contribution >= 4 is 34.1 Å². The molecule has 13 heavy (non-hydrogen) atoms. The fourth-order valence-corrected chi connectivity index (χ4v) is 1.53. The molecule has 0 bridgehead atoms. The molecule has 0 unspecified atom stereocenters. The first kappa shape index (κ1) is 8.53. The first-order valence-corrected chi connectivity index (χ1v) is 4.27. The predicted molar refractivity (Wildman–Crippen MR) is 52.4 cm³/mol. The molecule has 1 aromatic heterocycles. The number of benzene rings is 1. The maximum absolute atomic E-state index is 11.3. The standard InChI is InChI=1S/C8H4Cl2N2O/c9-4-1-2-5-7(8(4)10)6(13)3-11-12-5/h1-3H,(H,12,13). The number of aromatic nitrogens is 2. The van der Waals surface area contributed by atoms with Crippen molar-refractivity contribution in [2.75, 3.05) is 0 Å². The first-order valence-electron chi connectivity index (χ1n) is 3.51. The van der Waals surface area contributed by atoms with Gasteiger partial charge in [0.25, 0.3) is 0 Å². The lowest BCUT2D eigenvalue weighted by Crippen LogP contribution is -2.03. The van der Waals surface area contributed by atoms with Gasteiger partial charge in [-0.15, -0.1) is 0 Å². The third-order valence-electron chi connectivity index (χ3n) is 1.71. The average Bonchev–Trinajstić information content (AvgIpc) is 2.12. The van der Waals surface area contributed by atoms with Crippen molar-refractivity contribution in [2.24, 2.45) is 0 Å². The number of fused-ring (bicyclic) bond motifs is 1. The molecule has 0 spiro atoms. The highest BCUT2D eigenvalue weighted by atomic mass is 35.5. The van der Waals surface area contributed by atoms with E-state index in [-0.39, 0.29) is 10.5 Å². The SMILES string of the molecule is O=c1cn[nH]c2ccc(Cl)c(Cl)c12. The monoisotopic (exact) mass is 214 g/mol. The Morgan fingerprint density at radius 2 is 2.08 bits per heavy atom. The molecule has 1 N–H and O–H groups in total. The number of aromatic amines is 1. The maximum atomic E-state index is 11.3. The van der Waals surface area contributed by atoms with Gasteiger partial charge in [0.2, 0.25) is 5.43 Å². The van der Waals surface area contributed by atoms with Crippen molar-refractivity contribution in [3.05, 3.63) is 38.6 Å². The highest BCUT2D eigenvalue weighted by Gasteiger charge is 2.06. The van der Waals surface area contributed by atoms with Crippen LogP contribution in [-0.2, 0) is 0 Å². The van der Waals surface area contributed by atoms with Gasteiger partial charge in [-0.3, -0.25) is 9.89 Å². The lowest BCUT2D eigenvalue weighted by atomic mass is 10.2. The van der Waals surface area contributed by atoms with Crippen molar-refractivity contribution in [1.82, 2.24) is 10.2 Å². The molecule has 0 aliphatic rings. The van der Waals surface area contributed by atoms with Gasteiger partial charge in [-0.1, -0.05) is 23.2 Å². The van der Waals surface area contributed by atoms with E-state index in [9.17, 15) is 4.79 Å². The highest BCUT2D eigenvalue weighted by molar-refractivity contribution is 6.45. The minimum atomic E-state index is -0.235. The van der Waals surface area contributed by atoms with Crippen LogP contribution in [0.25, 0.3) is 10.9 Å². The third-order valence-corrected chi connectivity index (χ3v) is 2.51. The summed E-state index contributed by atoms with van der Waals surface area (Å²) in [5.74, 6) is 0. The molecular formula is C8H4Cl2N2O. The minimum absolute atomic E-state index is 0.235. The van der Waals surface area contributed by atoms with Crippen LogP contribution in [0.15, 0.2) is 23.1 Å². The van der Waals surface area contributed by atoms with Crippen LogP contribution in [0.5, 0.6) is 0 Å². The summed E-state index contributed by atoms with van der Waals surface area (Å²) in [6.45, 7) is 0. The van der Waals surface area contributed by atoms with Gasteiger partial charge in [0.15, 0.2) is 0 Å². The van der Waals surface area contributed by atoms with Gasteiger partial charge in [0.05, 0.1) is 27.1 Å². The van der Waals surface area contributed by atoms with Gasteiger partial charge in [-0.25, -0.2) is 0 Å². The summed E-state index contributed by atoms with van der Waals surface area (Å²) in [7, 11) is 0. The zero-order chi connectivity index (χ0) is 9.42. The number of halogens is 2. The summed E-state index contributed by atoms with van der Waals surface area (Å²) in [6.07, 6.45) is 1.17. The number of rotatable bonds is 0. The second-order valence-electron chi connectivity index (χ2n) is 2.52. The van der Waals surface area contributed by atoms with E-state index in [1.807, 2.05) is 0 Å². The van der Waals surface area contributed by atoms with Crippen LogP contribution in [0, 0.1) is 0 Å². The molecule has 66 valence electrons. The average molecular weight is 215 g/mol. The van der Waals surface area contributed by atoms with Crippen LogP contribution in [0.1, 0.15) is 0 Å². The molecule has 0 saturated heterocycles. The smallest absolute Gasteiger partial charge is 0.209 e. The molecule has 5 heteroatoms.